The van der Waals surface area contributed by atoms with Crippen LogP contribution in [0.25, 0.3) is 0 Å². The summed E-state index contributed by atoms with van der Waals surface area (Å²) in [6.07, 6.45) is -3.96. The molecule has 0 aromatic heterocycles. The first-order valence-electron chi connectivity index (χ1n) is 43.0. The zero-order chi connectivity index (χ0) is 98.7. The minimum absolute atomic E-state index is 0.0823. The average Bonchev–Trinajstić information content (AvgIpc) is 1.61. The molecule has 1 heterocycles. The molecule has 16 amide bonds. The molecule has 18 atom stereocenters. The number of unbranched alkanes of at least 4 members (excludes halogenated alkanes) is 1. The summed E-state index contributed by atoms with van der Waals surface area (Å²) in [5, 5.41) is 85.6. The Kier molecular flexibility index (Phi) is 50.2. The number of nitrogens with one attached hydrogen (secondary N) is 14. The van der Waals surface area contributed by atoms with Gasteiger partial charge in [0.25, 0.3) is 0 Å². The molecule has 2 aromatic rings. The number of carboxylic acids is 1. The Morgan fingerprint density at radius 3 is 1.19 bits per heavy atom. The number of phenols is 2. The molecule has 734 valence electrons. The molecule has 1 aliphatic heterocycles. The number of rotatable bonds is 60. The van der Waals surface area contributed by atoms with Crippen LogP contribution in [-0.2, 0) is 94.3 Å². The Bertz CT molecular complexity index is 4170. The number of thiol groups is 2. The van der Waals surface area contributed by atoms with Crippen LogP contribution in [0.2, 0.25) is 0 Å². The monoisotopic (exact) mass is 1890 g/mol. The van der Waals surface area contributed by atoms with Crippen molar-refractivity contribution < 1.29 is 107 Å². The van der Waals surface area contributed by atoms with Crippen molar-refractivity contribution in [1.29, 1.82) is 0 Å². The topological polar surface area (TPSA) is 836 Å². The second-order valence-corrected chi connectivity index (χ2v) is 34.1. The van der Waals surface area contributed by atoms with E-state index in [-0.39, 0.29) is 146 Å². The predicted octanol–water partition coefficient (Wildman–Crippen LogP) is -10.8. The lowest BCUT2D eigenvalue weighted by molar-refractivity contribution is -0.142. The molecule has 3 rings (SSSR count). The van der Waals surface area contributed by atoms with E-state index < -0.39 is 239 Å². The number of likely N-dealkylation sites (tertiary alicyclic amines) is 1. The molecule has 131 heavy (non-hydrogen) atoms. The van der Waals surface area contributed by atoms with Crippen molar-refractivity contribution in [2.75, 3.05) is 64.7 Å². The average molecular weight is 1890 g/mol. The van der Waals surface area contributed by atoms with Gasteiger partial charge in [0, 0.05) is 42.9 Å². The SMILES string of the molecule is CC[C@H](C)[C@H](NC(=O)[C@@H]1C[C@@H](O)CN1C(=O)[C@@H](N)C(C)C)C(=O)N[C@@H](CCN)C(=O)N[C@@H](Cc1ccc(O)cc1)C(=O)N[C@H](C(=O)N[C@@H](CC(N)=O)C(=O)N[C@@H](CCCN=C(N)N)C(=O)N[C@@H](CCN)C(=O)N[C@@H](CO)C(=O)N[C@H](CCN)C(=O)N[C@@H](CCCCN)C(=O)N[C@@H](CS)C(=O)N[C@@H](CCN)C(=O)N[C@@H](CCN)C(=O)N[C@@H](Cc1ccc(O)cc1)C(=O)O)C(C)(C)S. The molecule has 1 fully saturated rings. The van der Waals surface area contributed by atoms with Gasteiger partial charge in [-0.3, -0.25) is 81.7 Å². The van der Waals surface area contributed by atoms with Crippen LogP contribution < -0.4 is 132 Å². The van der Waals surface area contributed by atoms with E-state index in [1.807, 2.05) is 0 Å². The lowest BCUT2D eigenvalue weighted by Gasteiger charge is -2.33. The number of aliphatic imine (C=N–C) groups is 1. The van der Waals surface area contributed by atoms with Gasteiger partial charge < -0.3 is 162 Å². The van der Waals surface area contributed by atoms with Crippen LogP contribution in [0.1, 0.15) is 136 Å². The summed E-state index contributed by atoms with van der Waals surface area (Å²) in [4.78, 5) is 243. The summed E-state index contributed by atoms with van der Waals surface area (Å²) >= 11 is 8.85. The number of benzene rings is 2. The molecule has 0 radical (unpaired) electrons. The first-order valence-corrected chi connectivity index (χ1v) is 44.1. The Balaban J connectivity index is 1.90. The van der Waals surface area contributed by atoms with E-state index >= 15 is 0 Å². The molecule has 1 saturated heterocycles. The number of carbonyl (C=O) groups excluding carboxylic acids is 16. The number of carbonyl (C=O) groups is 17. The summed E-state index contributed by atoms with van der Waals surface area (Å²) in [7, 11) is 0. The molecule has 1 aliphatic rings. The van der Waals surface area contributed by atoms with Crippen molar-refractivity contribution >= 4 is 132 Å². The highest BCUT2D eigenvalue weighted by Gasteiger charge is 2.45. The van der Waals surface area contributed by atoms with Crippen LogP contribution >= 0.6 is 25.3 Å². The number of aliphatic carboxylic acids is 1. The molecule has 0 spiro atoms. The van der Waals surface area contributed by atoms with E-state index in [2.05, 4.69) is 105 Å². The second kappa shape index (κ2) is 57.7. The van der Waals surface area contributed by atoms with Crippen LogP contribution in [0.3, 0.4) is 0 Å². The highest BCUT2D eigenvalue weighted by atomic mass is 32.1. The van der Waals surface area contributed by atoms with Crippen LogP contribution in [0.4, 0.5) is 0 Å². The molecule has 39 N–H and O–H groups in total. The number of hydrogen-bond acceptors (Lipinski definition) is 31. The minimum atomic E-state index is -1.98. The molecule has 0 aliphatic carbocycles. The van der Waals surface area contributed by atoms with E-state index in [0.29, 0.717) is 24.0 Å². The Morgan fingerprint density at radius 2 is 0.817 bits per heavy atom. The Hall–Kier alpha value is -11.4. The third kappa shape index (κ3) is 38.9. The van der Waals surface area contributed by atoms with E-state index in [1.54, 1.807) is 27.7 Å². The van der Waals surface area contributed by atoms with Crippen LogP contribution in [0.5, 0.6) is 11.5 Å². The van der Waals surface area contributed by atoms with Gasteiger partial charge >= 0.3 is 5.97 Å². The highest BCUT2D eigenvalue weighted by Crippen LogP contribution is 2.24. The number of nitrogens with two attached hydrogens (primary N) is 10. The Morgan fingerprint density at radius 1 is 0.466 bits per heavy atom. The van der Waals surface area contributed by atoms with Crippen molar-refractivity contribution in [3.8, 4) is 11.5 Å². The highest BCUT2D eigenvalue weighted by molar-refractivity contribution is 7.81. The number of guanidine groups is 1. The van der Waals surface area contributed by atoms with Crippen molar-refractivity contribution in [2.45, 2.75) is 245 Å². The first-order chi connectivity index (χ1) is 61.8. The number of phenolic OH excluding ortho intramolecular Hbond substituents is 2. The maximum Gasteiger partial charge on any atom is 0.326 e. The number of aliphatic hydroxyl groups excluding tert-OH is 2. The summed E-state index contributed by atoms with van der Waals surface area (Å²) < 4.78 is -1.61. The molecule has 0 saturated carbocycles. The molecular weight excluding hydrogens is 1750 g/mol. The predicted molar refractivity (Wildman–Crippen MR) is 486 cm³/mol. The largest absolute Gasteiger partial charge is 0.508 e. The number of β-amino-alcohol motifs (C(OH)–C–C–N with tert-alkyl or cyclic N) is 1. The number of primary amides is 1. The lowest BCUT2D eigenvalue weighted by atomic mass is 9.96. The maximum atomic E-state index is 14.8. The minimum Gasteiger partial charge on any atom is -0.508 e. The van der Waals surface area contributed by atoms with Crippen molar-refractivity contribution in [2.24, 2.45) is 74.2 Å². The van der Waals surface area contributed by atoms with E-state index in [4.69, 9.17) is 57.3 Å². The van der Waals surface area contributed by atoms with Gasteiger partial charge in [0.05, 0.1) is 25.2 Å². The zero-order valence-corrected chi connectivity index (χ0v) is 76.3. The fourth-order valence-corrected chi connectivity index (χ4v) is 13.9. The number of aromatic hydroxyl groups is 2. The quantitative estimate of drug-likeness (QED) is 0.0127. The number of carboxylic acid groups (broad SMARTS) is 1. The number of hydrogen-bond donors (Lipinski definition) is 31. The van der Waals surface area contributed by atoms with Crippen molar-refractivity contribution in [1.82, 2.24) is 79.3 Å². The lowest BCUT2D eigenvalue weighted by Crippen LogP contribution is -2.64. The summed E-state index contributed by atoms with van der Waals surface area (Å²) in [5.74, 6) is -19.8. The molecule has 0 unspecified atom stereocenters. The van der Waals surface area contributed by atoms with Gasteiger partial charge in [-0.25, -0.2) is 4.79 Å². The van der Waals surface area contributed by atoms with Crippen molar-refractivity contribution in [3.05, 3.63) is 59.7 Å². The molecule has 48 nitrogen and oxygen atoms in total. The van der Waals surface area contributed by atoms with Gasteiger partial charge in [-0.15, -0.1) is 0 Å². The summed E-state index contributed by atoms with van der Waals surface area (Å²) in [6, 6.07) is -14.0. The normalized spacial score (nSPS) is 16.7. The van der Waals surface area contributed by atoms with Crippen LogP contribution in [0, 0.1) is 11.8 Å². The fourth-order valence-electron chi connectivity index (χ4n) is 13.4. The molecule has 50 heteroatoms. The first kappa shape index (κ1) is 114. The van der Waals surface area contributed by atoms with E-state index in [0.717, 1.165) is 4.90 Å². The third-order valence-electron chi connectivity index (χ3n) is 21.2. The summed E-state index contributed by atoms with van der Waals surface area (Å²) in [5.41, 5.74) is 58.9. The van der Waals surface area contributed by atoms with Crippen molar-refractivity contribution in [3.63, 3.8) is 0 Å². The molecular formula is C81H136N26O22S2. The van der Waals surface area contributed by atoms with Gasteiger partial charge in [-0.2, -0.15) is 25.3 Å². The molecule has 2 aromatic carbocycles. The van der Waals surface area contributed by atoms with Gasteiger partial charge in [0.2, 0.25) is 94.5 Å². The van der Waals surface area contributed by atoms with Gasteiger partial charge in [0.15, 0.2) is 5.96 Å². The van der Waals surface area contributed by atoms with Crippen LogP contribution in [-0.4, -0.2) is 309 Å². The van der Waals surface area contributed by atoms with E-state index in [1.165, 1.54) is 62.4 Å². The number of nitrogens with zero attached hydrogens (tertiary/aromatic N) is 2. The molecule has 0 bridgehead atoms. The third-order valence-corrected chi connectivity index (χ3v) is 21.8. The zero-order valence-electron chi connectivity index (χ0n) is 74.5. The maximum absolute atomic E-state index is 14.8. The second-order valence-electron chi connectivity index (χ2n) is 32.6. The van der Waals surface area contributed by atoms with Gasteiger partial charge in [-0.1, -0.05) is 58.4 Å². The van der Waals surface area contributed by atoms with Gasteiger partial charge in [0.1, 0.15) is 102 Å². The van der Waals surface area contributed by atoms with E-state index in [9.17, 15) is 107 Å². The standard InChI is InChI=1S/C81H136N26O22S2/c1-7-41(4)62(105-75(124)59-35-46(111)37-107(59)78(127)61(89)40(2)3)76(125)99-53(25-31-87)68(117)100-54(33-42-13-17-44(109)18-14-42)72(121)106-63(81(5,6)131)77(126)101-55(36-60(88)112)71(120)94-48(12-10-32-92-80(90)91)64(113)95-52(24-30-86)70(119)103-57(38-108)73(122)97-49(21-27-83)66(115)93-47(11-8-9-26-82)65(114)104-58(39-130)74(123)98-50(22-28-84)67(116)96-51(23-29-85)69(118)102-56(79(128)129)34-43-15-19-45(110)20-16-43/h13-20,40-41,46-59,61-63,108-111,130-131H,7-12,21-39,82-87,89H2,1-6H3,(H2,88,112)(H,93,115)(H,94,120)(H,95,113)(H,96,116)(H,97,122)(H,98,123)(H,99,125)(H,100,117)(H,101,126)(H,102,118)(H,103,119)(H,104,114)(H,105,124)(H,106,121)(H,128,129)(H4,90,91,92)/t41-,46+,47-,48-,49+,50-,51-,52-,53-,54-,55-,56-,57-,58-,59-,61-,62-,63+/m0/s1. The van der Waals surface area contributed by atoms with Crippen LogP contribution in [0.15, 0.2) is 53.5 Å². The Labute approximate surface area is 769 Å². The number of aliphatic hydroxyl groups is 2. The number of amides is 16. The van der Waals surface area contributed by atoms with Gasteiger partial charge in [-0.05, 0) is 165 Å². The summed E-state index contributed by atoms with van der Waals surface area (Å²) in [6.45, 7) is 6.93. The smallest absolute Gasteiger partial charge is 0.326 e. The fraction of sp³-hybridized carbons (Fsp3) is 0.630.